The lowest BCUT2D eigenvalue weighted by atomic mass is 10.0. The van der Waals surface area contributed by atoms with Crippen molar-refractivity contribution in [3.05, 3.63) is 106 Å². The lowest BCUT2D eigenvalue weighted by Crippen LogP contribution is -2.49. The third-order valence-corrected chi connectivity index (χ3v) is 6.00. The molecule has 1 N–H and O–H groups in total. The molecule has 3 aromatic rings. The third-order valence-electron chi connectivity index (χ3n) is 5.51. The molecule has 166 valence electrons. The van der Waals surface area contributed by atoms with Crippen LogP contribution in [-0.4, -0.2) is 29.8 Å². The minimum Gasteiger partial charge on any atom is -0.357 e. The third kappa shape index (κ3) is 6.79. The van der Waals surface area contributed by atoms with Gasteiger partial charge >= 0.3 is 0 Å². The number of hydrogen-bond acceptors (Lipinski definition) is 2. The molecular weight excluding hydrogens is 464 g/mol. The van der Waals surface area contributed by atoms with Gasteiger partial charge in [0.05, 0.1) is 0 Å². The van der Waals surface area contributed by atoms with E-state index >= 15 is 0 Å². The Balaban J connectivity index is 1.86. The van der Waals surface area contributed by atoms with Gasteiger partial charge in [0.25, 0.3) is 0 Å². The standard InChI is InChI=1S/C27H29BrN2O2/c1-20-11-13-21(14-12-20)15-16-26(31)30(19-23-9-6-10-24(28)17-23)25(27(32)29-2)18-22-7-4-3-5-8-22/h3-14,17,25H,15-16,18-19H2,1-2H3,(H,29,32). The van der Waals surface area contributed by atoms with Crippen LogP contribution in [0.15, 0.2) is 83.3 Å². The van der Waals surface area contributed by atoms with Gasteiger partial charge in [-0.3, -0.25) is 9.59 Å². The summed E-state index contributed by atoms with van der Waals surface area (Å²) in [6.45, 7) is 2.42. The van der Waals surface area contributed by atoms with Gasteiger partial charge in [-0.1, -0.05) is 88.2 Å². The maximum Gasteiger partial charge on any atom is 0.242 e. The molecule has 5 heteroatoms. The molecule has 0 saturated carbocycles. The van der Waals surface area contributed by atoms with E-state index in [0.29, 0.717) is 25.8 Å². The molecule has 0 saturated heterocycles. The Morgan fingerprint density at radius 3 is 2.25 bits per heavy atom. The van der Waals surface area contributed by atoms with E-state index in [-0.39, 0.29) is 11.8 Å². The van der Waals surface area contributed by atoms with Gasteiger partial charge in [-0.2, -0.15) is 0 Å². The first-order valence-electron chi connectivity index (χ1n) is 10.8. The summed E-state index contributed by atoms with van der Waals surface area (Å²) in [7, 11) is 1.62. The predicted octanol–water partition coefficient (Wildman–Crippen LogP) is 5.08. The van der Waals surface area contributed by atoms with Crippen molar-refractivity contribution >= 4 is 27.7 Å². The minimum absolute atomic E-state index is 0.0323. The average Bonchev–Trinajstić information content (AvgIpc) is 2.81. The van der Waals surface area contributed by atoms with E-state index in [4.69, 9.17) is 0 Å². The Labute approximate surface area is 198 Å². The number of amides is 2. The molecule has 1 atom stereocenters. The second-order valence-corrected chi connectivity index (χ2v) is 8.87. The maximum atomic E-state index is 13.5. The van der Waals surface area contributed by atoms with E-state index in [1.54, 1.807) is 11.9 Å². The number of nitrogens with one attached hydrogen (secondary N) is 1. The van der Waals surface area contributed by atoms with Gasteiger partial charge in [0.1, 0.15) is 6.04 Å². The zero-order valence-electron chi connectivity index (χ0n) is 18.6. The van der Waals surface area contributed by atoms with Crippen molar-refractivity contribution in [2.24, 2.45) is 0 Å². The van der Waals surface area contributed by atoms with Crippen molar-refractivity contribution in [3.8, 4) is 0 Å². The number of carbonyl (C=O) groups is 2. The van der Waals surface area contributed by atoms with Crippen LogP contribution in [0.25, 0.3) is 0 Å². The van der Waals surface area contributed by atoms with E-state index in [0.717, 1.165) is 21.2 Å². The van der Waals surface area contributed by atoms with Crippen LogP contribution in [0.3, 0.4) is 0 Å². The molecule has 4 nitrogen and oxygen atoms in total. The van der Waals surface area contributed by atoms with Crippen LogP contribution < -0.4 is 5.32 Å². The summed E-state index contributed by atoms with van der Waals surface area (Å²) >= 11 is 3.51. The SMILES string of the molecule is CNC(=O)C(Cc1ccccc1)N(Cc1cccc(Br)c1)C(=O)CCc1ccc(C)cc1. The maximum absolute atomic E-state index is 13.5. The van der Waals surface area contributed by atoms with Crippen LogP contribution in [0.4, 0.5) is 0 Å². The second kappa shape index (κ2) is 11.6. The topological polar surface area (TPSA) is 49.4 Å². The predicted molar refractivity (Wildman–Crippen MR) is 132 cm³/mol. The number of rotatable bonds is 9. The van der Waals surface area contributed by atoms with Crippen LogP contribution in [0.1, 0.15) is 28.7 Å². The van der Waals surface area contributed by atoms with Gasteiger partial charge in [-0.15, -0.1) is 0 Å². The molecule has 0 aliphatic heterocycles. The summed E-state index contributed by atoms with van der Waals surface area (Å²) < 4.78 is 0.946. The van der Waals surface area contributed by atoms with Gasteiger partial charge in [0.2, 0.25) is 11.8 Å². The van der Waals surface area contributed by atoms with Gasteiger partial charge in [-0.25, -0.2) is 0 Å². The lowest BCUT2D eigenvalue weighted by molar-refractivity contribution is -0.141. The summed E-state index contributed by atoms with van der Waals surface area (Å²) in [4.78, 5) is 28.1. The number of halogens is 1. The van der Waals surface area contributed by atoms with Crippen molar-refractivity contribution in [1.82, 2.24) is 10.2 Å². The van der Waals surface area contributed by atoms with E-state index in [1.165, 1.54) is 5.56 Å². The van der Waals surface area contributed by atoms with Crippen LogP contribution in [0, 0.1) is 6.92 Å². The molecule has 0 heterocycles. The molecule has 0 aromatic heterocycles. The second-order valence-electron chi connectivity index (χ2n) is 7.96. The fourth-order valence-corrected chi connectivity index (χ4v) is 4.15. The normalized spacial score (nSPS) is 11.6. The van der Waals surface area contributed by atoms with E-state index in [1.807, 2.05) is 61.5 Å². The first-order valence-corrected chi connectivity index (χ1v) is 11.6. The summed E-state index contributed by atoms with van der Waals surface area (Å²) in [5.74, 6) is -0.192. The quantitative estimate of drug-likeness (QED) is 0.452. The zero-order chi connectivity index (χ0) is 22.9. The van der Waals surface area contributed by atoms with Crippen molar-refractivity contribution in [2.75, 3.05) is 7.05 Å². The molecular formula is C27H29BrN2O2. The van der Waals surface area contributed by atoms with Gasteiger partial charge in [-0.05, 0) is 42.2 Å². The van der Waals surface area contributed by atoms with E-state index in [2.05, 4.69) is 45.5 Å². The van der Waals surface area contributed by atoms with Gasteiger partial charge < -0.3 is 10.2 Å². The molecule has 0 radical (unpaired) electrons. The fourth-order valence-electron chi connectivity index (χ4n) is 3.70. The number of carbonyl (C=O) groups excluding carboxylic acids is 2. The minimum atomic E-state index is -0.591. The number of likely N-dealkylation sites (N-methyl/N-ethyl adjacent to an activating group) is 1. The number of nitrogens with zero attached hydrogens (tertiary/aromatic N) is 1. The molecule has 1 unspecified atom stereocenters. The van der Waals surface area contributed by atoms with Crippen LogP contribution >= 0.6 is 15.9 Å². The number of benzene rings is 3. The Kier molecular flexibility index (Phi) is 8.63. The Bertz CT molecular complexity index is 1040. The largest absolute Gasteiger partial charge is 0.357 e. The van der Waals surface area contributed by atoms with Gasteiger partial charge in [0.15, 0.2) is 0 Å². The molecule has 0 aliphatic carbocycles. The first-order chi connectivity index (χ1) is 15.5. The van der Waals surface area contributed by atoms with Crippen LogP contribution in [0.5, 0.6) is 0 Å². The zero-order valence-corrected chi connectivity index (χ0v) is 20.1. The molecule has 0 spiro atoms. The lowest BCUT2D eigenvalue weighted by Gasteiger charge is -2.31. The highest BCUT2D eigenvalue weighted by Gasteiger charge is 2.29. The summed E-state index contributed by atoms with van der Waals surface area (Å²) in [6.07, 6.45) is 1.45. The van der Waals surface area contributed by atoms with Crippen molar-refractivity contribution in [2.45, 2.75) is 38.8 Å². The smallest absolute Gasteiger partial charge is 0.242 e. The molecule has 3 aromatic carbocycles. The van der Waals surface area contributed by atoms with Gasteiger partial charge in [0, 0.05) is 30.9 Å². The summed E-state index contributed by atoms with van der Waals surface area (Å²) in [6, 6.07) is 25.3. The molecule has 0 aliphatic rings. The Morgan fingerprint density at radius 2 is 1.59 bits per heavy atom. The number of aryl methyl sites for hydroxylation is 2. The summed E-state index contributed by atoms with van der Waals surface area (Å²) in [5, 5.41) is 2.76. The summed E-state index contributed by atoms with van der Waals surface area (Å²) in [5.41, 5.74) is 4.31. The molecule has 2 amide bonds. The Morgan fingerprint density at radius 1 is 0.906 bits per heavy atom. The van der Waals surface area contributed by atoms with E-state index < -0.39 is 6.04 Å². The highest BCUT2D eigenvalue weighted by molar-refractivity contribution is 9.10. The Hall–Kier alpha value is -2.92. The van der Waals surface area contributed by atoms with E-state index in [9.17, 15) is 9.59 Å². The highest BCUT2D eigenvalue weighted by Crippen LogP contribution is 2.19. The number of hydrogen-bond donors (Lipinski definition) is 1. The highest BCUT2D eigenvalue weighted by atomic mass is 79.9. The van der Waals surface area contributed by atoms with Crippen LogP contribution in [-0.2, 0) is 29.0 Å². The molecule has 32 heavy (non-hydrogen) atoms. The first kappa shape index (κ1) is 23.7. The van der Waals surface area contributed by atoms with Crippen LogP contribution in [0.2, 0.25) is 0 Å². The monoisotopic (exact) mass is 492 g/mol. The molecule has 0 bridgehead atoms. The van der Waals surface area contributed by atoms with Crippen molar-refractivity contribution in [1.29, 1.82) is 0 Å². The van der Waals surface area contributed by atoms with Crippen molar-refractivity contribution in [3.63, 3.8) is 0 Å². The molecule has 3 rings (SSSR count). The molecule has 0 fully saturated rings. The average molecular weight is 493 g/mol. The van der Waals surface area contributed by atoms with Crippen molar-refractivity contribution < 1.29 is 9.59 Å². The fraction of sp³-hybridized carbons (Fsp3) is 0.259.